The molecule has 1 amide bonds. The molecular weight excluding hydrogens is 322 g/mol. The van der Waals surface area contributed by atoms with Crippen molar-refractivity contribution in [3.63, 3.8) is 0 Å². The molecule has 1 unspecified atom stereocenters. The van der Waals surface area contributed by atoms with Crippen LogP contribution in [0.15, 0.2) is 34.3 Å². The predicted octanol–water partition coefficient (Wildman–Crippen LogP) is -0.153. The average molecular weight is 337 g/mol. The fraction of sp³-hybridized carbons (Fsp3) is 0.357. The summed E-state index contributed by atoms with van der Waals surface area (Å²) in [6.07, 6.45) is 1.16. The van der Waals surface area contributed by atoms with Gasteiger partial charge in [-0.1, -0.05) is 12.1 Å². The van der Waals surface area contributed by atoms with Gasteiger partial charge in [-0.3, -0.25) is 9.59 Å². The van der Waals surface area contributed by atoms with Gasteiger partial charge in [-0.2, -0.15) is 5.10 Å². The zero-order valence-electron chi connectivity index (χ0n) is 12.6. The zero-order valence-corrected chi connectivity index (χ0v) is 13.4. The Kier molecular flexibility index (Phi) is 3.49. The number of hydrogen-bond acceptors (Lipinski definition) is 7. The molecule has 1 atom stereocenters. The van der Waals surface area contributed by atoms with Crippen molar-refractivity contribution in [3.05, 3.63) is 29.8 Å². The van der Waals surface area contributed by atoms with Crippen LogP contribution >= 0.6 is 0 Å². The van der Waals surface area contributed by atoms with Crippen LogP contribution in [0.25, 0.3) is 0 Å². The van der Waals surface area contributed by atoms with Crippen LogP contribution in [0.5, 0.6) is 0 Å². The predicted molar refractivity (Wildman–Crippen MR) is 80.1 cm³/mol. The van der Waals surface area contributed by atoms with Gasteiger partial charge in [0, 0.05) is 11.8 Å². The Morgan fingerprint density at radius 1 is 1.26 bits per heavy atom. The molecule has 0 radical (unpaired) electrons. The van der Waals surface area contributed by atoms with Crippen LogP contribution < -0.4 is 5.48 Å². The lowest BCUT2D eigenvalue weighted by molar-refractivity contribution is -0.161. The first-order valence-electron chi connectivity index (χ1n) is 6.90. The number of amides is 1. The number of fused-ring (bicyclic) bond motifs is 2. The molecule has 2 aliphatic heterocycles. The van der Waals surface area contributed by atoms with Crippen molar-refractivity contribution in [2.24, 2.45) is 5.10 Å². The van der Waals surface area contributed by atoms with E-state index < -0.39 is 21.3 Å². The van der Waals surface area contributed by atoms with Crippen molar-refractivity contribution in [2.45, 2.75) is 23.8 Å². The Hall–Kier alpha value is -2.26. The summed E-state index contributed by atoms with van der Waals surface area (Å²) in [4.78, 5) is 29.0. The first kappa shape index (κ1) is 15.6. The Morgan fingerprint density at radius 3 is 2.52 bits per heavy atom. The maximum atomic E-state index is 12.5. The molecule has 0 saturated carbocycles. The van der Waals surface area contributed by atoms with Crippen molar-refractivity contribution in [1.29, 1.82) is 0 Å². The summed E-state index contributed by atoms with van der Waals surface area (Å²) in [7, 11) is -3.31. The van der Waals surface area contributed by atoms with Gasteiger partial charge >= 0.3 is 5.97 Å². The van der Waals surface area contributed by atoms with Gasteiger partial charge in [-0.05, 0) is 19.1 Å². The van der Waals surface area contributed by atoms with Gasteiger partial charge < -0.3 is 4.84 Å². The van der Waals surface area contributed by atoms with Gasteiger partial charge in [0.15, 0.2) is 15.4 Å². The lowest BCUT2D eigenvalue weighted by Crippen LogP contribution is -2.57. The third kappa shape index (κ3) is 2.62. The molecule has 0 spiro atoms. The van der Waals surface area contributed by atoms with Gasteiger partial charge in [0.25, 0.3) is 5.91 Å². The fourth-order valence-electron chi connectivity index (χ4n) is 2.48. The molecule has 23 heavy (non-hydrogen) atoms. The van der Waals surface area contributed by atoms with Gasteiger partial charge in [0.1, 0.15) is 5.71 Å². The van der Waals surface area contributed by atoms with E-state index in [-0.39, 0.29) is 23.8 Å². The lowest BCUT2D eigenvalue weighted by Gasteiger charge is -2.27. The smallest absolute Gasteiger partial charge is 0.326 e. The highest BCUT2D eigenvalue weighted by Crippen LogP contribution is 2.27. The molecule has 1 aromatic carbocycles. The molecule has 3 rings (SSSR count). The maximum absolute atomic E-state index is 12.5. The molecule has 1 saturated heterocycles. The first-order chi connectivity index (χ1) is 10.7. The normalized spacial score (nSPS) is 24.8. The van der Waals surface area contributed by atoms with Crippen molar-refractivity contribution in [2.75, 3.05) is 12.8 Å². The number of carbonyl (C=O) groups excluding carboxylic acids is 2. The van der Waals surface area contributed by atoms with Crippen molar-refractivity contribution in [1.82, 2.24) is 10.5 Å². The van der Waals surface area contributed by atoms with E-state index in [1.807, 2.05) is 0 Å². The van der Waals surface area contributed by atoms with Crippen molar-refractivity contribution >= 4 is 27.4 Å². The molecule has 9 heteroatoms. The van der Waals surface area contributed by atoms with Crippen LogP contribution in [0.2, 0.25) is 0 Å². The second kappa shape index (κ2) is 5.14. The first-order valence-corrected chi connectivity index (χ1v) is 8.79. The van der Waals surface area contributed by atoms with Crippen molar-refractivity contribution in [3.8, 4) is 0 Å². The van der Waals surface area contributed by atoms with Gasteiger partial charge in [-0.15, -0.1) is 5.48 Å². The fourth-order valence-corrected chi connectivity index (χ4v) is 3.11. The molecular formula is C14H15N3O5S. The van der Waals surface area contributed by atoms with Crippen LogP contribution in [-0.2, 0) is 24.3 Å². The van der Waals surface area contributed by atoms with E-state index in [9.17, 15) is 18.0 Å². The minimum Gasteiger partial charge on any atom is -0.369 e. The Balaban J connectivity index is 2.02. The number of nitrogens with zero attached hydrogens (tertiary/aromatic N) is 2. The summed E-state index contributed by atoms with van der Waals surface area (Å²) in [6.45, 7) is 1.71. The second-order valence-corrected chi connectivity index (χ2v) is 7.64. The highest BCUT2D eigenvalue weighted by Gasteiger charge is 2.50. The number of benzene rings is 1. The van der Waals surface area contributed by atoms with Crippen LogP contribution in [0.1, 0.15) is 18.9 Å². The van der Waals surface area contributed by atoms with Crippen molar-refractivity contribution < 1.29 is 22.8 Å². The van der Waals surface area contributed by atoms with Crippen LogP contribution in [0.4, 0.5) is 0 Å². The summed E-state index contributed by atoms with van der Waals surface area (Å²) in [5, 5.41) is 5.51. The van der Waals surface area contributed by atoms with E-state index in [2.05, 4.69) is 10.6 Å². The van der Waals surface area contributed by atoms with E-state index in [0.717, 1.165) is 6.26 Å². The summed E-state index contributed by atoms with van der Waals surface area (Å²) < 4.78 is 23.1. The number of rotatable bonds is 2. The second-order valence-electron chi connectivity index (χ2n) is 5.62. The van der Waals surface area contributed by atoms with Gasteiger partial charge in [0.05, 0.1) is 17.9 Å². The zero-order chi connectivity index (χ0) is 16.8. The van der Waals surface area contributed by atoms with Gasteiger partial charge in [-0.25, -0.2) is 13.4 Å². The number of sulfone groups is 1. The quantitative estimate of drug-likeness (QED) is 0.804. The third-order valence-electron chi connectivity index (χ3n) is 3.81. The molecule has 2 heterocycles. The third-order valence-corrected chi connectivity index (χ3v) is 4.94. The van der Waals surface area contributed by atoms with E-state index >= 15 is 0 Å². The lowest BCUT2D eigenvalue weighted by atomic mass is 9.91. The summed E-state index contributed by atoms with van der Waals surface area (Å²) in [5.74, 6) is -0.801. The standard InChI is InChI=1S/C14H15N3O5S/c1-14-12(9-3-5-10(6-4-9)23(2,20)21)15-17(13(14)19)8-7-11(18)22-16-14/h3-6,16H,7-8H2,1-2H3. The number of nitrogens with one attached hydrogen (secondary N) is 1. The maximum Gasteiger partial charge on any atom is 0.326 e. The molecule has 0 aliphatic carbocycles. The van der Waals surface area contributed by atoms with Gasteiger partial charge in [0.2, 0.25) is 0 Å². The number of hydrazone groups is 1. The van der Waals surface area contributed by atoms with Crippen LogP contribution in [-0.4, -0.2) is 49.4 Å². The van der Waals surface area contributed by atoms with E-state index in [0.29, 0.717) is 11.3 Å². The molecule has 2 aliphatic rings. The minimum absolute atomic E-state index is 0.0403. The SMILES string of the molecule is CC12NOC(=O)CCN(N=C1c1ccc(S(C)(=O)=O)cc1)C2=O. The molecule has 1 fully saturated rings. The molecule has 8 nitrogen and oxygen atoms in total. The molecule has 1 aromatic rings. The monoisotopic (exact) mass is 337 g/mol. The highest BCUT2D eigenvalue weighted by atomic mass is 32.2. The summed E-state index contributed by atoms with van der Waals surface area (Å²) >= 11 is 0. The Morgan fingerprint density at radius 2 is 1.91 bits per heavy atom. The molecule has 1 N–H and O–H groups in total. The van der Waals surface area contributed by atoms with E-state index in [1.54, 1.807) is 19.1 Å². The summed E-state index contributed by atoms with van der Waals surface area (Å²) in [6, 6.07) is 6.05. The average Bonchev–Trinajstić information content (AvgIpc) is 2.77. The minimum atomic E-state index is -3.31. The van der Waals surface area contributed by atoms with E-state index in [4.69, 9.17) is 4.84 Å². The molecule has 122 valence electrons. The number of carbonyl (C=O) groups is 2. The van der Waals surface area contributed by atoms with Crippen LogP contribution in [0, 0.1) is 0 Å². The Bertz CT molecular complexity index is 815. The van der Waals surface area contributed by atoms with Crippen LogP contribution in [0.3, 0.4) is 0 Å². The molecule has 2 bridgehead atoms. The topological polar surface area (TPSA) is 105 Å². The highest BCUT2D eigenvalue weighted by molar-refractivity contribution is 7.90. The number of hydroxylamine groups is 1. The Labute approximate surface area is 133 Å². The molecule has 0 aromatic heterocycles. The largest absolute Gasteiger partial charge is 0.369 e. The van der Waals surface area contributed by atoms with E-state index in [1.165, 1.54) is 17.1 Å². The number of hydrogen-bond donors (Lipinski definition) is 1. The summed E-state index contributed by atoms with van der Waals surface area (Å²) in [5.41, 5.74) is 2.13.